The molecule has 1 saturated carbocycles. The van der Waals surface area contributed by atoms with Crippen molar-refractivity contribution < 1.29 is 16.8 Å². The summed E-state index contributed by atoms with van der Waals surface area (Å²) in [5, 5.41) is 0. The summed E-state index contributed by atoms with van der Waals surface area (Å²) >= 11 is 0. The lowest BCUT2D eigenvalue weighted by molar-refractivity contribution is 0.246. The second kappa shape index (κ2) is 6.29. The van der Waals surface area contributed by atoms with Gasteiger partial charge in [-0.2, -0.15) is 4.31 Å². The van der Waals surface area contributed by atoms with Crippen LogP contribution in [0.5, 0.6) is 0 Å². The first-order valence-electron chi connectivity index (χ1n) is 7.40. The summed E-state index contributed by atoms with van der Waals surface area (Å²) in [7, 11) is -5.29. The van der Waals surface area contributed by atoms with Crippen LogP contribution in [0.1, 0.15) is 32.6 Å². The summed E-state index contributed by atoms with van der Waals surface area (Å²) in [4.78, 5) is 0.265. The van der Waals surface area contributed by atoms with Crippen molar-refractivity contribution in [3.63, 3.8) is 0 Å². The van der Waals surface area contributed by atoms with Gasteiger partial charge in [-0.15, -0.1) is 0 Å². The van der Waals surface area contributed by atoms with Crippen molar-refractivity contribution in [1.29, 1.82) is 0 Å². The van der Waals surface area contributed by atoms with Crippen molar-refractivity contribution in [3.05, 3.63) is 24.3 Å². The third-order valence-electron chi connectivity index (χ3n) is 4.43. The molecule has 0 aromatic heterocycles. The van der Waals surface area contributed by atoms with Gasteiger partial charge in [-0.05, 0) is 55.9 Å². The molecule has 0 unspecified atom stereocenters. The minimum absolute atomic E-state index is 0.0239. The quantitative estimate of drug-likeness (QED) is 0.839. The molecule has 0 saturated heterocycles. The molecule has 124 valence electrons. The Balaban J connectivity index is 2.22. The van der Waals surface area contributed by atoms with Crippen molar-refractivity contribution in [3.8, 4) is 0 Å². The van der Waals surface area contributed by atoms with Gasteiger partial charge in [0, 0.05) is 19.3 Å². The molecule has 1 fully saturated rings. The fourth-order valence-corrected chi connectivity index (χ4v) is 4.87. The molecule has 5 nitrogen and oxygen atoms in total. The highest BCUT2D eigenvalue weighted by Crippen LogP contribution is 2.29. The van der Waals surface area contributed by atoms with E-state index in [1.54, 1.807) is 7.05 Å². The van der Waals surface area contributed by atoms with E-state index < -0.39 is 19.9 Å². The first-order valence-corrected chi connectivity index (χ1v) is 10.7. The van der Waals surface area contributed by atoms with Gasteiger partial charge in [-0.25, -0.2) is 16.8 Å². The fraction of sp³-hybridized carbons (Fsp3) is 0.600. The minimum Gasteiger partial charge on any atom is -0.224 e. The normalized spacial score (nSPS) is 23.6. The molecular formula is C15H23NO4S2. The van der Waals surface area contributed by atoms with E-state index in [1.807, 2.05) is 0 Å². The first-order chi connectivity index (χ1) is 10.1. The Hall–Kier alpha value is -0.920. The monoisotopic (exact) mass is 345 g/mol. The number of sulfonamides is 1. The zero-order chi connectivity index (χ0) is 16.5. The smallest absolute Gasteiger partial charge is 0.224 e. The molecule has 7 heteroatoms. The molecule has 1 aromatic rings. The highest BCUT2D eigenvalue weighted by molar-refractivity contribution is 7.90. The van der Waals surface area contributed by atoms with E-state index in [0.717, 1.165) is 31.9 Å². The molecule has 0 atom stereocenters. The number of hydrogen-bond donors (Lipinski definition) is 0. The second-order valence-electron chi connectivity index (χ2n) is 6.18. The van der Waals surface area contributed by atoms with Crippen LogP contribution >= 0.6 is 0 Å². The molecule has 0 aliphatic heterocycles. The third-order valence-corrected chi connectivity index (χ3v) is 7.48. The van der Waals surface area contributed by atoms with Crippen molar-refractivity contribution in [2.45, 2.75) is 48.4 Å². The zero-order valence-corrected chi connectivity index (χ0v) is 14.8. The lowest BCUT2D eigenvalue weighted by atomic mass is 9.87. The van der Waals surface area contributed by atoms with E-state index in [-0.39, 0.29) is 15.8 Å². The molecule has 1 aliphatic rings. The van der Waals surface area contributed by atoms with Gasteiger partial charge in [0.1, 0.15) is 0 Å². The van der Waals surface area contributed by atoms with E-state index in [4.69, 9.17) is 0 Å². The number of nitrogens with zero attached hydrogens (tertiary/aromatic N) is 1. The predicted molar refractivity (Wildman–Crippen MR) is 85.9 cm³/mol. The molecular weight excluding hydrogens is 322 g/mol. The van der Waals surface area contributed by atoms with Gasteiger partial charge in [0.25, 0.3) is 0 Å². The van der Waals surface area contributed by atoms with Crippen molar-refractivity contribution in [2.75, 3.05) is 13.3 Å². The Kier molecular flexibility index (Phi) is 4.99. The van der Waals surface area contributed by atoms with Gasteiger partial charge < -0.3 is 0 Å². The predicted octanol–water partition coefficient (Wildman–Crippen LogP) is 2.29. The van der Waals surface area contributed by atoms with Crippen molar-refractivity contribution in [2.24, 2.45) is 5.92 Å². The molecule has 1 aliphatic carbocycles. The van der Waals surface area contributed by atoms with Crippen LogP contribution < -0.4 is 0 Å². The van der Waals surface area contributed by atoms with Gasteiger partial charge in [0.2, 0.25) is 10.0 Å². The van der Waals surface area contributed by atoms with Crippen LogP contribution in [0.25, 0.3) is 0 Å². The molecule has 2 rings (SSSR count). The fourth-order valence-electron chi connectivity index (χ4n) is 2.83. The van der Waals surface area contributed by atoms with Gasteiger partial charge in [-0.1, -0.05) is 6.92 Å². The maximum atomic E-state index is 12.7. The summed E-state index contributed by atoms with van der Waals surface area (Å²) in [5.74, 6) is 0.654. The Bertz CT molecular complexity index is 715. The summed E-state index contributed by atoms with van der Waals surface area (Å²) in [6, 6.07) is 5.45. The SMILES string of the molecule is CC1CCC(N(C)S(=O)(=O)c2ccc(S(C)(=O)=O)cc2)CC1. The van der Waals surface area contributed by atoms with Gasteiger partial charge in [-0.3, -0.25) is 0 Å². The Labute approximate surface area is 133 Å². The van der Waals surface area contributed by atoms with Crippen LogP contribution in [0.15, 0.2) is 34.1 Å². The summed E-state index contributed by atoms with van der Waals surface area (Å²) in [6.45, 7) is 2.19. The average molecular weight is 345 g/mol. The first kappa shape index (κ1) is 17.4. The lowest BCUT2D eigenvalue weighted by Gasteiger charge is -2.32. The van der Waals surface area contributed by atoms with Crippen LogP contribution in [-0.4, -0.2) is 40.5 Å². The molecule has 1 aromatic carbocycles. The Morgan fingerprint density at radius 2 is 1.36 bits per heavy atom. The van der Waals surface area contributed by atoms with Crippen molar-refractivity contribution >= 4 is 19.9 Å². The molecule has 22 heavy (non-hydrogen) atoms. The maximum Gasteiger partial charge on any atom is 0.243 e. The van der Waals surface area contributed by atoms with Gasteiger partial charge >= 0.3 is 0 Å². The number of sulfone groups is 1. The molecule has 0 bridgehead atoms. The molecule has 0 spiro atoms. The van der Waals surface area contributed by atoms with Gasteiger partial charge in [0.05, 0.1) is 9.79 Å². The van der Waals surface area contributed by atoms with E-state index >= 15 is 0 Å². The minimum atomic E-state index is -3.58. The van der Waals surface area contributed by atoms with Crippen LogP contribution in [0.2, 0.25) is 0 Å². The third kappa shape index (κ3) is 3.70. The lowest BCUT2D eigenvalue weighted by Crippen LogP contribution is -2.39. The van der Waals surface area contributed by atoms with E-state index in [0.29, 0.717) is 5.92 Å². The molecule has 0 amide bonds. The maximum absolute atomic E-state index is 12.7. The number of hydrogen-bond acceptors (Lipinski definition) is 4. The van der Waals surface area contributed by atoms with Crippen LogP contribution in [0.4, 0.5) is 0 Å². The topological polar surface area (TPSA) is 71.5 Å². The number of benzene rings is 1. The molecule has 0 N–H and O–H groups in total. The van der Waals surface area contributed by atoms with Gasteiger partial charge in [0.15, 0.2) is 9.84 Å². The average Bonchev–Trinajstić information content (AvgIpc) is 2.46. The summed E-state index contributed by atoms with van der Waals surface area (Å²) in [5.41, 5.74) is 0. The molecule has 0 radical (unpaired) electrons. The second-order valence-corrected chi connectivity index (χ2v) is 10.2. The van der Waals surface area contributed by atoms with E-state index in [1.165, 1.54) is 28.6 Å². The molecule has 0 heterocycles. The zero-order valence-electron chi connectivity index (χ0n) is 13.2. The summed E-state index contributed by atoms with van der Waals surface area (Å²) in [6.07, 6.45) is 4.93. The number of rotatable bonds is 4. The highest BCUT2D eigenvalue weighted by Gasteiger charge is 2.30. The van der Waals surface area contributed by atoms with Crippen LogP contribution in [-0.2, 0) is 19.9 Å². The Morgan fingerprint density at radius 1 is 0.909 bits per heavy atom. The summed E-state index contributed by atoms with van der Waals surface area (Å²) < 4.78 is 49.6. The largest absolute Gasteiger partial charge is 0.243 e. The standard InChI is InChI=1S/C15H23NO4S2/c1-12-4-6-13(7-5-12)16(2)22(19,20)15-10-8-14(9-11-15)21(3,17)18/h8-13H,4-7H2,1-3H3. The van der Waals surface area contributed by atoms with Crippen molar-refractivity contribution in [1.82, 2.24) is 4.31 Å². The van der Waals surface area contributed by atoms with E-state index in [9.17, 15) is 16.8 Å². The van der Waals surface area contributed by atoms with Crippen LogP contribution in [0.3, 0.4) is 0 Å². The van der Waals surface area contributed by atoms with Crippen LogP contribution in [0, 0.1) is 5.92 Å². The van der Waals surface area contributed by atoms with E-state index in [2.05, 4.69) is 6.92 Å². The Morgan fingerprint density at radius 3 is 1.82 bits per heavy atom. The highest BCUT2D eigenvalue weighted by atomic mass is 32.2.